The summed E-state index contributed by atoms with van der Waals surface area (Å²) in [6.07, 6.45) is 2.18. The molecule has 1 rings (SSSR count). The van der Waals surface area contributed by atoms with Gasteiger partial charge in [0.05, 0.1) is 18.1 Å². The summed E-state index contributed by atoms with van der Waals surface area (Å²) in [5, 5.41) is 4.71. The van der Waals surface area contributed by atoms with Gasteiger partial charge in [-0.15, -0.1) is 0 Å². The molecule has 8 nitrogen and oxygen atoms in total. The predicted octanol–water partition coefficient (Wildman–Crippen LogP) is -0.913. The highest BCUT2D eigenvalue weighted by molar-refractivity contribution is 7.89. The van der Waals surface area contributed by atoms with Crippen molar-refractivity contribution in [2.45, 2.75) is 11.3 Å². The fourth-order valence-electron chi connectivity index (χ4n) is 1.00. The fourth-order valence-corrected chi connectivity index (χ4v) is 2.61. The lowest BCUT2D eigenvalue weighted by atomic mass is 10.5. The van der Waals surface area contributed by atoms with Crippen LogP contribution in [0.1, 0.15) is 6.42 Å². The zero-order valence-corrected chi connectivity index (χ0v) is 11.5. The molecule has 0 amide bonds. The molecule has 3 N–H and O–H groups in total. The first-order valence-electron chi connectivity index (χ1n) is 4.68. The van der Waals surface area contributed by atoms with Crippen molar-refractivity contribution in [3.63, 3.8) is 0 Å². The van der Waals surface area contributed by atoms with Crippen molar-refractivity contribution in [1.82, 2.24) is 14.7 Å². The molecule has 1 aromatic heterocycles. The highest BCUT2D eigenvalue weighted by Gasteiger charge is 2.14. The monoisotopic (exact) mass is 314 g/mol. The Morgan fingerprint density at radius 1 is 1.22 bits per heavy atom. The normalized spacial score (nSPS) is 12.6. The molecule has 0 aliphatic heterocycles. The molecule has 0 unspecified atom stereocenters. The van der Waals surface area contributed by atoms with E-state index in [2.05, 4.69) is 14.7 Å². The Kier molecular flexibility index (Phi) is 4.99. The second-order valence-electron chi connectivity index (χ2n) is 3.31. The summed E-state index contributed by atoms with van der Waals surface area (Å²) in [5.74, 6) is -0.299. The lowest BCUT2D eigenvalue weighted by Crippen LogP contribution is -2.27. The van der Waals surface area contributed by atoms with Gasteiger partial charge in [-0.05, 0) is 18.0 Å². The molecule has 102 valence electrons. The van der Waals surface area contributed by atoms with Crippen LogP contribution in [0.2, 0.25) is 5.28 Å². The number of sulfonamides is 2. The van der Waals surface area contributed by atoms with E-state index in [4.69, 9.17) is 16.7 Å². The Hall–Kier alpha value is -0.810. The summed E-state index contributed by atoms with van der Waals surface area (Å²) in [5.41, 5.74) is 0. The van der Waals surface area contributed by atoms with Crippen molar-refractivity contribution in [3.05, 3.63) is 17.7 Å². The van der Waals surface area contributed by atoms with Crippen LogP contribution in [0.15, 0.2) is 17.3 Å². The average molecular weight is 315 g/mol. The maximum Gasteiger partial charge on any atom is 0.243 e. The molecule has 1 aromatic rings. The van der Waals surface area contributed by atoms with Gasteiger partial charge in [0.1, 0.15) is 4.90 Å². The second kappa shape index (κ2) is 5.89. The quantitative estimate of drug-likeness (QED) is 0.516. The van der Waals surface area contributed by atoms with Crippen LogP contribution in [0.3, 0.4) is 0 Å². The highest BCUT2D eigenvalue weighted by atomic mass is 35.5. The first-order chi connectivity index (χ1) is 8.21. The van der Waals surface area contributed by atoms with Crippen molar-refractivity contribution in [1.29, 1.82) is 0 Å². The number of nitrogens with two attached hydrogens (primary N) is 1. The number of aromatic nitrogens is 2. The lowest BCUT2D eigenvalue weighted by molar-refractivity contribution is 0.576. The molecule has 0 fully saturated rings. The van der Waals surface area contributed by atoms with Crippen LogP contribution in [-0.2, 0) is 20.0 Å². The van der Waals surface area contributed by atoms with Gasteiger partial charge in [-0.25, -0.2) is 36.7 Å². The zero-order valence-electron chi connectivity index (χ0n) is 9.08. The third-order valence-electron chi connectivity index (χ3n) is 1.80. The largest absolute Gasteiger partial charge is 0.243 e. The first-order valence-corrected chi connectivity index (χ1v) is 8.26. The number of halogens is 1. The Balaban J connectivity index is 2.58. The Bertz CT molecular complexity index is 599. The van der Waals surface area contributed by atoms with Crippen LogP contribution in [0.4, 0.5) is 0 Å². The molecule has 0 radical (unpaired) electrons. The van der Waals surface area contributed by atoms with Crippen LogP contribution >= 0.6 is 11.6 Å². The molecule has 1 heterocycles. The smallest absolute Gasteiger partial charge is 0.229 e. The summed E-state index contributed by atoms with van der Waals surface area (Å²) in [6, 6.07) is 0. The van der Waals surface area contributed by atoms with Crippen LogP contribution in [0.25, 0.3) is 0 Å². The van der Waals surface area contributed by atoms with Crippen LogP contribution < -0.4 is 9.86 Å². The van der Waals surface area contributed by atoms with Crippen molar-refractivity contribution < 1.29 is 16.8 Å². The molecule has 11 heteroatoms. The molecule has 0 aliphatic rings. The third-order valence-corrected chi connectivity index (χ3v) is 4.27. The average Bonchev–Trinajstić information content (AvgIpc) is 2.24. The van der Waals surface area contributed by atoms with Crippen LogP contribution in [0, 0.1) is 0 Å². The van der Waals surface area contributed by atoms with Gasteiger partial charge < -0.3 is 0 Å². The van der Waals surface area contributed by atoms with Crippen LogP contribution in [-0.4, -0.2) is 39.1 Å². The van der Waals surface area contributed by atoms with E-state index in [9.17, 15) is 16.8 Å². The minimum absolute atomic E-state index is 0.0542. The number of nitrogens with one attached hydrogen (secondary N) is 1. The number of hydrogen-bond acceptors (Lipinski definition) is 6. The van der Waals surface area contributed by atoms with E-state index in [-0.39, 0.29) is 28.9 Å². The van der Waals surface area contributed by atoms with Crippen molar-refractivity contribution in [3.8, 4) is 0 Å². The molecule has 18 heavy (non-hydrogen) atoms. The summed E-state index contributed by atoms with van der Waals surface area (Å²) in [7, 11) is -7.35. The number of hydrogen-bond donors (Lipinski definition) is 2. The van der Waals surface area contributed by atoms with Crippen LogP contribution in [0.5, 0.6) is 0 Å². The van der Waals surface area contributed by atoms with Gasteiger partial charge in [0.25, 0.3) is 0 Å². The third kappa shape index (κ3) is 5.23. The van der Waals surface area contributed by atoms with E-state index in [1.165, 1.54) is 0 Å². The molecule has 0 spiro atoms. The van der Waals surface area contributed by atoms with E-state index in [1.807, 2.05) is 0 Å². The SMILES string of the molecule is NS(=O)(=O)CCCNS(=O)(=O)c1cnc(Cl)nc1. The van der Waals surface area contributed by atoms with E-state index in [0.717, 1.165) is 12.4 Å². The van der Waals surface area contributed by atoms with Crippen molar-refractivity contribution >= 4 is 31.6 Å². The van der Waals surface area contributed by atoms with Gasteiger partial charge in [-0.2, -0.15) is 0 Å². The summed E-state index contributed by atoms with van der Waals surface area (Å²) < 4.78 is 46.8. The van der Waals surface area contributed by atoms with Gasteiger partial charge in [0.2, 0.25) is 25.3 Å². The molecule has 0 bridgehead atoms. The van der Waals surface area contributed by atoms with Crippen molar-refractivity contribution in [2.75, 3.05) is 12.3 Å². The number of nitrogens with zero attached hydrogens (tertiary/aromatic N) is 2. The number of rotatable bonds is 6. The Labute approximate surface area is 110 Å². The summed E-state index contributed by atoms with van der Waals surface area (Å²) in [4.78, 5) is 6.91. The minimum Gasteiger partial charge on any atom is -0.229 e. The maximum absolute atomic E-state index is 11.7. The molecular weight excluding hydrogens is 304 g/mol. The van der Waals surface area contributed by atoms with Gasteiger partial charge in [-0.1, -0.05) is 0 Å². The number of primary sulfonamides is 1. The van der Waals surface area contributed by atoms with E-state index in [0.29, 0.717) is 0 Å². The predicted molar refractivity (Wildman–Crippen MR) is 64.8 cm³/mol. The minimum atomic E-state index is -3.76. The topological polar surface area (TPSA) is 132 Å². The molecular formula is C7H11ClN4O4S2. The summed E-state index contributed by atoms with van der Waals surface area (Å²) in [6.45, 7) is -0.0542. The van der Waals surface area contributed by atoms with Gasteiger partial charge >= 0.3 is 0 Å². The van der Waals surface area contributed by atoms with E-state index >= 15 is 0 Å². The fraction of sp³-hybridized carbons (Fsp3) is 0.429. The van der Waals surface area contributed by atoms with Crippen molar-refractivity contribution in [2.24, 2.45) is 5.14 Å². The zero-order chi connectivity index (χ0) is 13.8. The molecule has 0 saturated carbocycles. The molecule has 0 aliphatic carbocycles. The molecule has 0 saturated heterocycles. The van der Waals surface area contributed by atoms with Gasteiger partial charge in [0.15, 0.2) is 0 Å². The standard InChI is InChI=1S/C7H11ClN4O4S2/c8-7-10-4-6(5-11-7)18(15,16)12-2-1-3-17(9,13)14/h4-5,12H,1-3H2,(H2,9,13,14). The second-order valence-corrected chi connectivity index (χ2v) is 7.15. The Morgan fingerprint density at radius 2 is 1.78 bits per heavy atom. The molecule has 0 aromatic carbocycles. The van der Waals surface area contributed by atoms with E-state index < -0.39 is 20.0 Å². The molecule has 0 atom stereocenters. The first kappa shape index (κ1) is 15.2. The summed E-state index contributed by atoms with van der Waals surface area (Å²) >= 11 is 5.42. The van der Waals surface area contributed by atoms with Gasteiger partial charge in [-0.3, -0.25) is 0 Å². The Morgan fingerprint density at radius 3 is 2.28 bits per heavy atom. The van der Waals surface area contributed by atoms with E-state index in [1.54, 1.807) is 0 Å². The highest BCUT2D eigenvalue weighted by Crippen LogP contribution is 2.07. The maximum atomic E-state index is 11.7. The van der Waals surface area contributed by atoms with Gasteiger partial charge in [0, 0.05) is 6.54 Å². The lowest BCUT2D eigenvalue weighted by Gasteiger charge is -2.05.